The zero-order chi connectivity index (χ0) is 13.4. The molecule has 0 saturated heterocycles. The van der Waals surface area contributed by atoms with Gasteiger partial charge in [-0.25, -0.2) is 0 Å². The summed E-state index contributed by atoms with van der Waals surface area (Å²) in [5.41, 5.74) is 0.349. The third-order valence-corrected chi connectivity index (χ3v) is 4.49. The van der Waals surface area contributed by atoms with Crippen molar-refractivity contribution in [1.29, 1.82) is 0 Å². The summed E-state index contributed by atoms with van der Waals surface area (Å²) >= 11 is 0. The third kappa shape index (κ3) is 3.46. The highest BCUT2D eigenvalue weighted by Gasteiger charge is 2.52. The molecule has 3 heteroatoms. The van der Waals surface area contributed by atoms with Crippen LogP contribution in [0.4, 0.5) is 0 Å². The number of nitrogens with one attached hydrogen (secondary N) is 1. The van der Waals surface area contributed by atoms with E-state index >= 15 is 0 Å². The van der Waals surface area contributed by atoms with E-state index in [-0.39, 0.29) is 0 Å². The Morgan fingerprint density at radius 3 is 2.39 bits per heavy atom. The Hall–Kier alpha value is -0.120. The van der Waals surface area contributed by atoms with Crippen molar-refractivity contribution >= 4 is 0 Å². The fourth-order valence-electron chi connectivity index (χ4n) is 3.18. The van der Waals surface area contributed by atoms with Gasteiger partial charge in [-0.3, -0.25) is 0 Å². The maximum atomic E-state index is 6.02. The van der Waals surface area contributed by atoms with E-state index in [0.29, 0.717) is 17.6 Å². The molecular weight excluding hydrogens is 226 g/mol. The van der Waals surface area contributed by atoms with Crippen LogP contribution >= 0.6 is 0 Å². The summed E-state index contributed by atoms with van der Waals surface area (Å²) in [5, 5.41) is 3.68. The van der Waals surface area contributed by atoms with E-state index < -0.39 is 0 Å². The SMILES string of the molecule is CCCNC1CC(OCCOCC)C1(CC)CC. The van der Waals surface area contributed by atoms with Crippen LogP contribution in [0.3, 0.4) is 0 Å². The highest BCUT2D eigenvalue weighted by Crippen LogP contribution is 2.48. The first-order chi connectivity index (χ1) is 8.75. The second-order valence-corrected chi connectivity index (χ2v) is 5.24. The van der Waals surface area contributed by atoms with Crippen LogP contribution in [0.1, 0.15) is 53.4 Å². The van der Waals surface area contributed by atoms with Crippen molar-refractivity contribution in [3.05, 3.63) is 0 Å². The number of rotatable bonds is 10. The molecule has 1 fully saturated rings. The van der Waals surface area contributed by atoms with Gasteiger partial charge in [-0.2, -0.15) is 0 Å². The Morgan fingerprint density at radius 2 is 1.83 bits per heavy atom. The van der Waals surface area contributed by atoms with E-state index in [1.165, 1.54) is 19.3 Å². The molecule has 3 nitrogen and oxygen atoms in total. The summed E-state index contributed by atoms with van der Waals surface area (Å²) < 4.78 is 11.4. The monoisotopic (exact) mass is 257 g/mol. The fraction of sp³-hybridized carbons (Fsp3) is 1.00. The fourth-order valence-corrected chi connectivity index (χ4v) is 3.18. The second-order valence-electron chi connectivity index (χ2n) is 5.24. The molecule has 1 saturated carbocycles. The standard InChI is InChI=1S/C15H31NO2/c1-5-9-16-13-12-14(15(13,6-2)7-3)18-11-10-17-8-4/h13-14,16H,5-12H2,1-4H3. The summed E-state index contributed by atoms with van der Waals surface area (Å²) in [4.78, 5) is 0. The first kappa shape index (κ1) is 15.9. The molecule has 0 aromatic carbocycles. The van der Waals surface area contributed by atoms with Gasteiger partial charge in [0.2, 0.25) is 0 Å². The molecule has 0 heterocycles. The van der Waals surface area contributed by atoms with Crippen LogP contribution in [-0.2, 0) is 9.47 Å². The molecular formula is C15H31NO2. The Morgan fingerprint density at radius 1 is 1.11 bits per heavy atom. The summed E-state index contributed by atoms with van der Waals surface area (Å²) in [6.45, 7) is 12.2. The van der Waals surface area contributed by atoms with Crippen LogP contribution in [0.2, 0.25) is 0 Å². The van der Waals surface area contributed by atoms with Crippen molar-refractivity contribution in [2.75, 3.05) is 26.4 Å². The van der Waals surface area contributed by atoms with Crippen molar-refractivity contribution in [1.82, 2.24) is 5.32 Å². The quantitative estimate of drug-likeness (QED) is 0.610. The molecule has 108 valence electrons. The highest BCUT2D eigenvalue weighted by atomic mass is 16.5. The molecule has 0 amide bonds. The van der Waals surface area contributed by atoms with Crippen LogP contribution in [0.15, 0.2) is 0 Å². The van der Waals surface area contributed by atoms with E-state index in [1.54, 1.807) is 0 Å². The van der Waals surface area contributed by atoms with Crippen LogP contribution < -0.4 is 5.32 Å². The molecule has 0 aromatic heterocycles. The molecule has 0 radical (unpaired) electrons. The average Bonchev–Trinajstić information content (AvgIpc) is 2.38. The number of ether oxygens (including phenoxy) is 2. The lowest BCUT2D eigenvalue weighted by molar-refractivity contribution is -0.147. The van der Waals surface area contributed by atoms with Crippen molar-refractivity contribution in [3.8, 4) is 0 Å². The lowest BCUT2D eigenvalue weighted by Crippen LogP contribution is -2.63. The van der Waals surface area contributed by atoms with Crippen molar-refractivity contribution < 1.29 is 9.47 Å². The van der Waals surface area contributed by atoms with E-state index in [0.717, 1.165) is 32.8 Å². The van der Waals surface area contributed by atoms with Gasteiger partial charge in [0.1, 0.15) is 0 Å². The lowest BCUT2D eigenvalue weighted by atomic mass is 9.58. The minimum absolute atomic E-state index is 0.349. The van der Waals surface area contributed by atoms with Gasteiger partial charge in [0.05, 0.1) is 19.3 Å². The molecule has 0 aromatic rings. The van der Waals surface area contributed by atoms with Crippen LogP contribution in [0, 0.1) is 5.41 Å². The zero-order valence-corrected chi connectivity index (χ0v) is 12.6. The molecule has 1 aliphatic carbocycles. The second kappa shape index (κ2) is 8.13. The molecule has 0 aliphatic heterocycles. The molecule has 2 atom stereocenters. The molecule has 1 rings (SSSR count). The van der Waals surface area contributed by atoms with Crippen LogP contribution in [0.25, 0.3) is 0 Å². The Bertz CT molecular complexity index is 215. The third-order valence-electron chi connectivity index (χ3n) is 4.49. The molecule has 1 N–H and O–H groups in total. The van der Waals surface area contributed by atoms with E-state index in [2.05, 4.69) is 26.1 Å². The van der Waals surface area contributed by atoms with Crippen LogP contribution in [-0.4, -0.2) is 38.5 Å². The van der Waals surface area contributed by atoms with E-state index in [1.807, 2.05) is 6.92 Å². The molecule has 18 heavy (non-hydrogen) atoms. The molecule has 1 aliphatic rings. The minimum Gasteiger partial charge on any atom is -0.379 e. The summed E-state index contributed by atoms with van der Waals surface area (Å²) in [5.74, 6) is 0. The van der Waals surface area contributed by atoms with Gasteiger partial charge in [-0.1, -0.05) is 20.8 Å². The van der Waals surface area contributed by atoms with Crippen LogP contribution in [0.5, 0.6) is 0 Å². The minimum atomic E-state index is 0.349. The average molecular weight is 257 g/mol. The maximum absolute atomic E-state index is 6.02. The summed E-state index contributed by atoms with van der Waals surface area (Å²) in [6, 6.07) is 0.643. The number of hydrogen-bond donors (Lipinski definition) is 1. The molecule has 0 spiro atoms. The largest absolute Gasteiger partial charge is 0.379 e. The maximum Gasteiger partial charge on any atom is 0.0704 e. The molecule has 0 bridgehead atoms. The zero-order valence-electron chi connectivity index (χ0n) is 12.6. The van der Waals surface area contributed by atoms with Gasteiger partial charge >= 0.3 is 0 Å². The smallest absolute Gasteiger partial charge is 0.0704 e. The predicted octanol–water partition coefficient (Wildman–Crippen LogP) is 2.99. The van der Waals surface area contributed by atoms with Crippen molar-refractivity contribution in [2.24, 2.45) is 5.41 Å². The highest BCUT2D eigenvalue weighted by molar-refractivity contribution is 5.06. The normalized spacial score (nSPS) is 26.0. The van der Waals surface area contributed by atoms with Crippen molar-refractivity contribution in [3.63, 3.8) is 0 Å². The Labute approximate surface area is 113 Å². The topological polar surface area (TPSA) is 30.5 Å². The Balaban J connectivity index is 2.39. The van der Waals surface area contributed by atoms with E-state index in [9.17, 15) is 0 Å². The van der Waals surface area contributed by atoms with Gasteiger partial charge in [0.15, 0.2) is 0 Å². The van der Waals surface area contributed by atoms with Gasteiger partial charge in [-0.15, -0.1) is 0 Å². The summed E-state index contributed by atoms with van der Waals surface area (Å²) in [7, 11) is 0. The van der Waals surface area contributed by atoms with Gasteiger partial charge < -0.3 is 14.8 Å². The first-order valence-electron chi connectivity index (χ1n) is 7.67. The van der Waals surface area contributed by atoms with Crippen molar-refractivity contribution in [2.45, 2.75) is 65.5 Å². The Kier molecular flexibility index (Phi) is 7.20. The lowest BCUT2D eigenvalue weighted by Gasteiger charge is -2.55. The predicted molar refractivity (Wildman–Crippen MR) is 75.9 cm³/mol. The van der Waals surface area contributed by atoms with E-state index in [4.69, 9.17) is 9.47 Å². The van der Waals surface area contributed by atoms with Gasteiger partial charge in [-0.05, 0) is 39.2 Å². The summed E-state index contributed by atoms with van der Waals surface area (Å²) in [6.07, 6.45) is 5.18. The first-order valence-corrected chi connectivity index (χ1v) is 7.67. The van der Waals surface area contributed by atoms with Gasteiger partial charge in [0.25, 0.3) is 0 Å². The van der Waals surface area contributed by atoms with Gasteiger partial charge in [0, 0.05) is 18.1 Å². The number of hydrogen-bond acceptors (Lipinski definition) is 3. The molecule has 2 unspecified atom stereocenters.